The number of hydrogen-bond donors (Lipinski definition) is 3. The van der Waals surface area contributed by atoms with Gasteiger partial charge >= 0.3 is 0 Å². The van der Waals surface area contributed by atoms with Crippen LogP contribution in [0.15, 0.2) is 0 Å². The smallest absolute Gasteiger partial charge is 0.139 e. The lowest BCUT2D eigenvalue weighted by Crippen LogP contribution is -2.65. The Morgan fingerprint density at radius 3 is 2.23 bits per heavy atom. The maximum absolute atomic E-state index is 13.9. The van der Waals surface area contributed by atoms with Crippen molar-refractivity contribution in [3.05, 3.63) is 0 Å². The van der Waals surface area contributed by atoms with Crippen LogP contribution in [-0.2, 0) is 9.53 Å². The summed E-state index contributed by atoms with van der Waals surface area (Å²) in [5.74, 6) is 1.07. The Morgan fingerprint density at radius 2 is 1.63 bits per heavy atom. The molecule has 5 heteroatoms. The molecule has 0 unspecified atom stereocenters. The van der Waals surface area contributed by atoms with Gasteiger partial charge in [0.2, 0.25) is 0 Å². The average Bonchev–Trinajstić information content (AvgIpc) is 3.30. The lowest BCUT2D eigenvalue weighted by molar-refractivity contribution is -0.238. The number of Topliss-reactive ketones (excluding diaryl/α,β-unsaturated/α-hetero) is 1. The number of ether oxygens (including phenoxy) is 1. The van der Waals surface area contributed by atoms with Crippen molar-refractivity contribution in [1.82, 2.24) is 0 Å². The van der Waals surface area contributed by atoms with Crippen molar-refractivity contribution < 1.29 is 24.9 Å². The summed E-state index contributed by atoms with van der Waals surface area (Å²) in [5.41, 5.74) is -2.02. The average molecular weight is 491 g/mol. The number of ketones is 1. The van der Waals surface area contributed by atoms with Gasteiger partial charge in [-0.1, -0.05) is 27.7 Å². The summed E-state index contributed by atoms with van der Waals surface area (Å²) in [5, 5.41) is 32.6. The Labute approximate surface area is 212 Å². The van der Waals surface area contributed by atoms with Crippen molar-refractivity contribution in [3.63, 3.8) is 0 Å². The second-order valence-electron chi connectivity index (χ2n) is 15.2. The van der Waals surface area contributed by atoms with E-state index in [-0.39, 0.29) is 52.7 Å². The summed E-state index contributed by atoms with van der Waals surface area (Å²) >= 11 is 0. The van der Waals surface area contributed by atoms with Gasteiger partial charge in [0.1, 0.15) is 5.78 Å². The number of aliphatic hydroxyl groups is 3. The van der Waals surface area contributed by atoms with Gasteiger partial charge in [-0.3, -0.25) is 4.79 Å². The third-order valence-electron chi connectivity index (χ3n) is 12.9. The molecule has 5 aliphatic rings. The largest absolute Gasteiger partial charge is 0.396 e. The first-order valence-electron chi connectivity index (χ1n) is 14.3. The van der Waals surface area contributed by atoms with E-state index in [0.717, 1.165) is 51.4 Å². The summed E-state index contributed by atoms with van der Waals surface area (Å²) in [6, 6.07) is 0. The topological polar surface area (TPSA) is 87.0 Å². The molecule has 5 nitrogen and oxygen atoms in total. The Morgan fingerprint density at radius 1 is 0.943 bits per heavy atom. The van der Waals surface area contributed by atoms with Gasteiger partial charge in [-0.2, -0.15) is 0 Å². The fourth-order valence-corrected chi connectivity index (χ4v) is 11.0. The predicted octanol–water partition coefficient (Wildman–Crippen LogP) is 4.89. The van der Waals surface area contributed by atoms with Gasteiger partial charge in [0.25, 0.3) is 0 Å². The van der Waals surface area contributed by atoms with Gasteiger partial charge in [0, 0.05) is 24.4 Å². The van der Waals surface area contributed by atoms with E-state index in [1.165, 1.54) is 0 Å². The van der Waals surface area contributed by atoms with Crippen molar-refractivity contribution in [2.75, 3.05) is 6.61 Å². The number of hydrogen-bond acceptors (Lipinski definition) is 5. The molecule has 10 atom stereocenters. The first kappa shape index (κ1) is 26.1. The molecule has 0 amide bonds. The summed E-state index contributed by atoms with van der Waals surface area (Å²) < 4.78 is 6.54. The molecular formula is C30H50O5. The van der Waals surface area contributed by atoms with Gasteiger partial charge in [0.05, 0.1) is 23.4 Å². The number of rotatable bonds is 3. The van der Waals surface area contributed by atoms with Crippen LogP contribution >= 0.6 is 0 Å². The van der Waals surface area contributed by atoms with E-state index in [0.29, 0.717) is 18.3 Å². The summed E-state index contributed by atoms with van der Waals surface area (Å²) in [4.78, 5) is 13.9. The number of carbonyl (C=O) groups is 1. The highest BCUT2D eigenvalue weighted by molar-refractivity contribution is 5.86. The van der Waals surface area contributed by atoms with Crippen LogP contribution in [0.2, 0.25) is 0 Å². The monoisotopic (exact) mass is 490 g/mol. The highest BCUT2D eigenvalue weighted by Crippen LogP contribution is 2.75. The molecule has 0 aromatic heterocycles. The predicted molar refractivity (Wildman–Crippen MR) is 136 cm³/mol. The molecule has 3 N–H and O–H groups in total. The van der Waals surface area contributed by atoms with Crippen LogP contribution in [-0.4, -0.2) is 51.1 Å². The zero-order chi connectivity index (χ0) is 25.8. The Bertz CT molecular complexity index is 876. The van der Waals surface area contributed by atoms with Crippen molar-refractivity contribution in [2.24, 2.45) is 45.3 Å². The number of aliphatic hydroxyl groups excluding tert-OH is 2. The zero-order valence-electron chi connectivity index (χ0n) is 23.2. The SMILES string of the molecule is CC(C)(O)[C@H]1CC[C@](C)([C@H]2C(=O)C[C@]3(CO)[C@@H]2CC[C@@H]2[C@@]4(C)CC[C@H](O)C(C)(C)[C@@H]4CC[C@]23C)O1. The fraction of sp³-hybridized carbons (Fsp3) is 0.967. The molecule has 4 saturated carbocycles. The van der Waals surface area contributed by atoms with Gasteiger partial charge in [-0.25, -0.2) is 0 Å². The van der Waals surface area contributed by atoms with E-state index in [2.05, 4.69) is 34.6 Å². The molecule has 0 aromatic rings. The molecule has 35 heavy (non-hydrogen) atoms. The van der Waals surface area contributed by atoms with E-state index in [1.807, 2.05) is 0 Å². The third kappa shape index (κ3) is 3.29. The Balaban J connectivity index is 1.51. The van der Waals surface area contributed by atoms with Crippen LogP contribution in [0, 0.1) is 45.3 Å². The lowest BCUT2D eigenvalue weighted by atomic mass is 9.35. The highest BCUT2D eigenvalue weighted by Gasteiger charge is 2.73. The minimum atomic E-state index is -0.928. The van der Waals surface area contributed by atoms with Gasteiger partial charge in [-0.05, 0) is 106 Å². The van der Waals surface area contributed by atoms with Crippen molar-refractivity contribution in [1.29, 1.82) is 0 Å². The maximum Gasteiger partial charge on any atom is 0.139 e. The normalized spacial score (nSPS) is 53.7. The second kappa shape index (κ2) is 7.77. The molecule has 5 rings (SSSR count). The molecule has 5 fully saturated rings. The molecule has 200 valence electrons. The van der Waals surface area contributed by atoms with Crippen molar-refractivity contribution in [2.45, 2.75) is 130 Å². The third-order valence-corrected chi connectivity index (χ3v) is 12.9. The quantitative estimate of drug-likeness (QED) is 0.524. The van der Waals surface area contributed by atoms with E-state index in [9.17, 15) is 20.1 Å². The molecule has 0 spiro atoms. The molecule has 4 aliphatic carbocycles. The first-order chi connectivity index (χ1) is 16.1. The van der Waals surface area contributed by atoms with Crippen LogP contribution in [0.4, 0.5) is 0 Å². The Kier molecular flexibility index (Phi) is 5.80. The molecule has 1 heterocycles. The van der Waals surface area contributed by atoms with Crippen LogP contribution in [0.3, 0.4) is 0 Å². The Hall–Kier alpha value is -0.490. The minimum Gasteiger partial charge on any atom is -0.396 e. The van der Waals surface area contributed by atoms with E-state index < -0.39 is 16.6 Å². The zero-order valence-corrected chi connectivity index (χ0v) is 23.2. The van der Waals surface area contributed by atoms with Crippen LogP contribution < -0.4 is 0 Å². The molecule has 0 aromatic carbocycles. The minimum absolute atomic E-state index is 0.0602. The number of carbonyl (C=O) groups excluding carboxylic acids is 1. The van der Waals surface area contributed by atoms with Crippen molar-refractivity contribution in [3.8, 4) is 0 Å². The molecular weight excluding hydrogens is 440 g/mol. The molecule has 0 bridgehead atoms. The van der Waals surface area contributed by atoms with Crippen LogP contribution in [0.25, 0.3) is 0 Å². The number of fused-ring (bicyclic) bond motifs is 5. The van der Waals surface area contributed by atoms with Gasteiger partial charge in [-0.15, -0.1) is 0 Å². The second-order valence-corrected chi connectivity index (χ2v) is 15.2. The van der Waals surface area contributed by atoms with Crippen LogP contribution in [0.5, 0.6) is 0 Å². The lowest BCUT2D eigenvalue weighted by Gasteiger charge is -2.70. The first-order valence-corrected chi connectivity index (χ1v) is 14.3. The summed E-state index contributed by atoms with van der Waals surface area (Å²) in [6.07, 6.45) is 7.44. The van der Waals surface area contributed by atoms with Crippen LogP contribution in [0.1, 0.15) is 106 Å². The molecule has 1 aliphatic heterocycles. The van der Waals surface area contributed by atoms with Gasteiger partial charge in [0.15, 0.2) is 0 Å². The van der Waals surface area contributed by atoms with E-state index in [1.54, 1.807) is 13.8 Å². The standard InChI is InChI=1S/C30H50O5/c1-25(2)20-10-14-28(6)21(27(20,5)13-11-22(25)33)9-8-18-24(19(32)16-30(18,28)17-31)29(7)15-12-23(35-29)26(3,4)34/h18,20-24,31,33-34H,8-17H2,1-7H3/t18-,20+,21-,22+,23-,24-,27+,28-,29-,30+/m1/s1. The maximum atomic E-state index is 13.9. The molecule has 0 radical (unpaired) electrons. The summed E-state index contributed by atoms with van der Waals surface area (Å²) in [7, 11) is 0. The molecule has 1 saturated heterocycles. The van der Waals surface area contributed by atoms with Gasteiger partial charge < -0.3 is 20.1 Å². The highest BCUT2D eigenvalue weighted by atomic mass is 16.5. The van der Waals surface area contributed by atoms with E-state index >= 15 is 0 Å². The summed E-state index contributed by atoms with van der Waals surface area (Å²) in [6.45, 7) is 15.1. The fourth-order valence-electron chi connectivity index (χ4n) is 11.0. The van der Waals surface area contributed by atoms with E-state index in [4.69, 9.17) is 4.74 Å². The van der Waals surface area contributed by atoms with Crippen molar-refractivity contribution >= 4 is 5.78 Å².